The molecule has 2 aromatic heterocycles. The molecule has 1 fully saturated rings. The van der Waals surface area contributed by atoms with E-state index in [-0.39, 0.29) is 11.2 Å². The van der Waals surface area contributed by atoms with Crippen LogP contribution in [0.5, 0.6) is 0 Å². The van der Waals surface area contributed by atoms with E-state index >= 15 is 4.39 Å². The number of nitrogens with zero attached hydrogens (tertiary/aromatic N) is 3. The number of aromatic amines is 1. The molecule has 0 saturated carbocycles. The van der Waals surface area contributed by atoms with Crippen molar-refractivity contribution in [2.75, 3.05) is 12.3 Å². The second kappa shape index (κ2) is 8.48. The fraction of sp³-hybridized carbons (Fsp3) is 0.545. The number of imidazole rings is 1. The van der Waals surface area contributed by atoms with Crippen LogP contribution in [0.1, 0.15) is 13.2 Å². The molecule has 2 aromatic rings. The van der Waals surface area contributed by atoms with E-state index in [1.54, 1.807) is 0 Å². The van der Waals surface area contributed by atoms with Gasteiger partial charge in [0.2, 0.25) is 5.95 Å². The van der Waals surface area contributed by atoms with Gasteiger partial charge in [-0.15, -0.1) is 0 Å². The fourth-order valence-electron chi connectivity index (χ4n) is 2.96. The van der Waals surface area contributed by atoms with E-state index in [4.69, 9.17) is 25.2 Å². The Morgan fingerprint density at radius 3 is 2.47 bits per heavy atom. The summed E-state index contributed by atoms with van der Waals surface area (Å²) in [7, 11) is -17.4. The van der Waals surface area contributed by atoms with Gasteiger partial charge in [0.05, 0.1) is 6.33 Å². The number of nitrogens with two attached hydrogens (primary N) is 1. The van der Waals surface area contributed by atoms with Crippen molar-refractivity contribution in [2.45, 2.75) is 30.8 Å². The molecule has 1 aliphatic heterocycles. The van der Waals surface area contributed by atoms with Crippen molar-refractivity contribution in [3.63, 3.8) is 0 Å². The van der Waals surface area contributed by atoms with E-state index in [1.807, 2.05) is 0 Å². The number of hydrogen-bond donors (Lipinski definition) is 7. The summed E-state index contributed by atoms with van der Waals surface area (Å²) in [6.07, 6.45) is -4.18. The van der Waals surface area contributed by atoms with Gasteiger partial charge in [0, 0.05) is 0 Å². The van der Waals surface area contributed by atoms with Gasteiger partial charge in [-0.2, -0.15) is 13.6 Å². The third-order valence-corrected chi connectivity index (χ3v) is 8.03. The minimum atomic E-state index is -5.92. The number of nitrogens with one attached hydrogen (secondary N) is 1. The lowest BCUT2D eigenvalue weighted by Crippen LogP contribution is -2.46. The molecule has 3 rings (SSSR count). The number of nitrogen functional groups attached to an aromatic ring is 1. The van der Waals surface area contributed by atoms with Crippen LogP contribution in [0.2, 0.25) is 0 Å². The molecule has 3 heterocycles. The minimum absolute atomic E-state index is 0.339. The third-order valence-electron chi connectivity index (χ3n) is 4.24. The Morgan fingerprint density at radius 2 is 1.88 bits per heavy atom. The molecule has 0 amide bonds. The number of phosphoric acid groups is 3. The van der Waals surface area contributed by atoms with Gasteiger partial charge in [-0.05, 0) is 6.92 Å². The van der Waals surface area contributed by atoms with Crippen molar-refractivity contribution in [2.24, 2.45) is 0 Å². The third kappa shape index (κ3) is 5.43. The van der Waals surface area contributed by atoms with Crippen molar-refractivity contribution in [1.29, 1.82) is 0 Å². The van der Waals surface area contributed by atoms with Crippen LogP contribution < -0.4 is 11.3 Å². The Balaban J connectivity index is 1.84. The second-order valence-electron chi connectivity index (χ2n) is 6.98. The zero-order valence-electron chi connectivity index (χ0n) is 16.5. The molecule has 1 aliphatic rings. The Kier molecular flexibility index (Phi) is 6.72. The molecule has 1 saturated heterocycles. The number of alkyl halides is 2. The van der Waals surface area contributed by atoms with Crippen LogP contribution >= 0.6 is 23.5 Å². The molecule has 0 aromatic carbocycles. The highest BCUT2D eigenvalue weighted by atomic mass is 31.3. The predicted octanol–water partition coefficient (Wildman–Crippen LogP) is -0.671. The smallest absolute Gasteiger partial charge is 0.382 e. The summed E-state index contributed by atoms with van der Waals surface area (Å²) in [5.41, 5.74) is 1.17. The summed E-state index contributed by atoms with van der Waals surface area (Å²) < 4.78 is 80.4. The van der Waals surface area contributed by atoms with Crippen LogP contribution in [0.4, 0.5) is 14.7 Å². The molecule has 0 radical (unpaired) electrons. The van der Waals surface area contributed by atoms with Gasteiger partial charge in [0.25, 0.3) is 11.4 Å². The number of anilines is 1. The molecule has 6 atom stereocenters. The van der Waals surface area contributed by atoms with E-state index in [2.05, 4.69) is 28.1 Å². The van der Waals surface area contributed by atoms with Crippen LogP contribution in [-0.4, -0.2) is 68.4 Å². The first-order chi connectivity index (χ1) is 15.3. The minimum Gasteiger partial charge on any atom is -0.382 e. The number of aromatic nitrogens is 4. The standard InChI is InChI=1S/C11H16F2N5O13P3/c1-10(20)7(12)11(13,2-28-33(24,25)31-34(26,27)30-32(21,22)23)29-8(10)18-3-15-4-5(18)16-9(14)17-6(4)19/h3,7-8,20H,2H2,1H3,(H,24,25)(H,26,27)(H2,21,22,23)(H3,14,16,17,19). The number of rotatable bonds is 8. The second-order valence-corrected chi connectivity index (χ2v) is 11.4. The zero-order chi connectivity index (χ0) is 25.9. The van der Waals surface area contributed by atoms with Gasteiger partial charge < -0.3 is 35.2 Å². The van der Waals surface area contributed by atoms with Gasteiger partial charge in [0.1, 0.15) is 12.2 Å². The highest BCUT2D eigenvalue weighted by Crippen LogP contribution is 2.66. The zero-order valence-corrected chi connectivity index (χ0v) is 19.1. The summed E-state index contributed by atoms with van der Waals surface area (Å²) >= 11 is 0. The van der Waals surface area contributed by atoms with Crippen molar-refractivity contribution in [3.8, 4) is 0 Å². The van der Waals surface area contributed by atoms with E-state index in [0.29, 0.717) is 0 Å². The maximum atomic E-state index is 15.2. The average Bonchev–Trinajstić information content (AvgIpc) is 3.11. The van der Waals surface area contributed by atoms with Gasteiger partial charge in [-0.1, -0.05) is 0 Å². The number of halogens is 2. The van der Waals surface area contributed by atoms with Crippen LogP contribution in [0.15, 0.2) is 11.1 Å². The SMILES string of the molecule is CC1(O)C(n2cnc3c(=O)[nH]c(N)nc32)OC(F)(COP(=O)(O)OP(=O)(O)OP(=O)(O)O)C1F. The number of H-pyrrole nitrogens is 1. The van der Waals surface area contributed by atoms with Gasteiger partial charge in [-0.25, -0.2) is 27.5 Å². The molecule has 0 spiro atoms. The number of ether oxygens (including phenoxy) is 1. The molecule has 8 N–H and O–H groups in total. The topological polar surface area (TPSA) is 279 Å². The number of hydrogen-bond acceptors (Lipinski definition) is 12. The first-order valence-electron chi connectivity index (χ1n) is 8.50. The van der Waals surface area contributed by atoms with E-state index < -0.39 is 65.4 Å². The van der Waals surface area contributed by atoms with Crippen molar-refractivity contribution in [1.82, 2.24) is 19.5 Å². The number of phosphoric ester groups is 1. The summed E-state index contributed by atoms with van der Waals surface area (Å²) in [6.45, 7) is -1.09. The van der Waals surface area contributed by atoms with Gasteiger partial charge in [0.15, 0.2) is 23.6 Å². The van der Waals surface area contributed by atoms with E-state index in [1.165, 1.54) is 0 Å². The maximum Gasteiger partial charge on any atom is 0.490 e. The molecular weight excluding hydrogens is 541 g/mol. The molecule has 23 heteroatoms. The Morgan fingerprint density at radius 1 is 1.26 bits per heavy atom. The lowest BCUT2D eigenvalue weighted by atomic mass is 9.97. The normalized spacial score (nSPS) is 31.4. The summed E-state index contributed by atoms with van der Waals surface area (Å²) in [6, 6.07) is 0. The summed E-state index contributed by atoms with van der Waals surface area (Å²) in [5.74, 6) is -4.13. The highest BCUT2D eigenvalue weighted by molar-refractivity contribution is 7.66. The van der Waals surface area contributed by atoms with E-state index in [0.717, 1.165) is 17.8 Å². The van der Waals surface area contributed by atoms with Crippen LogP contribution in [0.3, 0.4) is 0 Å². The fourth-order valence-corrected chi connectivity index (χ4v) is 5.99. The van der Waals surface area contributed by atoms with E-state index in [9.17, 15) is 32.9 Å². The molecule has 18 nitrogen and oxygen atoms in total. The first-order valence-corrected chi connectivity index (χ1v) is 13.0. The lowest BCUT2D eigenvalue weighted by molar-refractivity contribution is -0.193. The number of fused-ring (bicyclic) bond motifs is 1. The molecule has 34 heavy (non-hydrogen) atoms. The quantitative estimate of drug-likeness (QED) is 0.198. The van der Waals surface area contributed by atoms with Gasteiger partial charge >= 0.3 is 23.5 Å². The molecule has 6 unspecified atom stereocenters. The van der Waals surface area contributed by atoms with Crippen molar-refractivity contribution >= 4 is 40.6 Å². The lowest BCUT2D eigenvalue weighted by Gasteiger charge is -2.26. The Bertz CT molecular complexity index is 1310. The highest BCUT2D eigenvalue weighted by Gasteiger charge is 2.65. The average molecular weight is 557 g/mol. The van der Waals surface area contributed by atoms with Crippen molar-refractivity contribution < 1.29 is 65.0 Å². The maximum absolute atomic E-state index is 15.2. The largest absolute Gasteiger partial charge is 0.490 e. The van der Waals surface area contributed by atoms with Gasteiger partial charge in [-0.3, -0.25) is 18.9 Å². The first kappa shape index (κ1) is 26.9. The molecule has 192 valence electrons. The Labute approximate surface area is 185 Å². The Hall–Kier alpha value is -1.66. The van der Waals surface area contributed by atoms with Crippen LogP contribution in [-0.2, 0) is 31.6 Å². The molecule has 0 bridgehead atoms. The van der Waals surface area contributed by atoms with Crippen molar-refractivity contribution in [3.05, 3.63) is 16.7 Å². The summed E-state index contributed by atoms with van der Waals surface area (Å²) in [4.78, 5) is 57.0. The van der Waals surface area contributed by atoms with Crippen LogP contribution in [0, 0.1) is 0 Å². The van der Waals surface area contributed by atoms with Crippen LogP contribution in [0.25, 0.3) is 11.2 Å². The monoisotopic (exact) mass is 557 g/mol. The summed E-state index contributed by atoms with van der Waals surface area (Å²) in [5, 5.41) is 10.5. The molecule has 0 aliphatic carbocycles. The molecular formula is C11H16F2N5O13P3. The predicted molar refractivity (Wildman–Crippen MR) is 102 cm³/mol. The number of aliphatic hydroxyl groups is 1.